The van der Waals surface area contributed by atoms with Crippen molar-refractivity contribution in [2.45, 2.75) is 48.7 Å². The van der Waals surface area contributed by atoms with E-state index in [1.54, 1.807) is 0 Å². The molecule has 142 valence electrons. The topological polar surface area (TPSA) is 9.23 Å². The average Bonchev–Trinajstić information content (AvgIpc) is 2.57. The van der Waals surface area contributed by atoms with Crippen LogP contribution in [0.5, 0.6) is 0 Å². The molecule has 1 saturated carbocycles. The van der Waals surface area contributed by atoms with E-state index in [2.05, 4.69) is 11.7 Å². The molecule has 2 radical (unpaired) electrons. The summed E-state index contributed by atoms with van der Waals surface area (Å²) in [5.41, 5.74) is 0. The SMILES string of the molecule is [CH2]CC1C[CH]C(F)(F)C1(F)OC(F)(F)C(F)(F)C(F)(F)C(F)(F)F. The Morgan fingerprint density at radius 2 is 1.38 bits per heavy atom. The third-order valence-corrected chi connectivity index (χ3v) is 3.38. The van der Waals surface area contributed by atoms with Gasteiger partial charge in [0.1, 0.15) is 0 Å². The van der Waals surface area contributed by atoms with Crippen LogP contribution in [0.25, 0.3) is 0 Å². The normalized spacial score (nSPS) is 29.1. The summed E-state index contributed by atoms with van der Waals surface area (Å²) in [5.74, 6) is -26.9. The van der Waals surface area contributed by atoms with Crippen molar-refractivity contribution >= 4 is 0 Å². The summed E-state index contributed by atoms with van der Waals surface area (Å²) in [5, 5.41) is 0. The van der Waals surface area contributed by atoms with Gasteiger partial charge in [-0.05, 0) is 12.8 Å². The van der Waals surface area contributed by atoms with E-state index in [1.165, 1.54) is 0 Å². The fourth-order valence-corrected chi connectivity index (χ4v) is 1.92. The molecule has 0 aromatic rings. The smallest absolute Gasteiger partial charge is 0.272 e. The number of rotatable bonds is 5. The van der Waals surface area contributed by atoms with E-state index in [4.69, 9.17) is 0 Å². The molecular weight excluding hydrogens is 376 g/mol. The van der Waals surface area contributed by atoms with E-state index >= 15 is 0 Å². The predicted molar refractivity (Wildman–Crippen MR) is 53.1 cm³/mol. The number of ether oxygens (including phenoxy) is 1. The molecular formula is C11H8F12O. The summed E-state index contributed by atoms with van der Waals surface area (Å²) in [4.78, 5) is 0. The average molecular weight is 384 g/mol. The molecule has 1 nitrogen and oxygen atoms in total. The Balaban J connectivity index is 3.29. The second kappa shape index (κ2) is 5.56. The van der Waals surface area contributed by atoms with Crippen molar-refractivity contribution in [3.8, 4) is 0 Å². The zero-order chi connectivity index (χ0) is 19.4. The maximum Gasteiger partial charge on any atom is 0.460 e. The summed E-state index contributed by atoms with van der Waals surface area (Å²) in [6.45, 7) is 2.88. The van der Waals surface area contributed by atoms with Gasteiger partial charge >= 0.3 is 30.1 Å². The molecule has 0 saturated heterocycles. The van der Waals surface area contributed by atoms with Crippen LogP contribution in [0.4, 0.5) is 52.7 Å². The van der Waals surface area contributed by atoms with Crippen LogP contribution in [0.3, 0.4) is 0 Å². The van der Waals surface area contributed by atoms with E-state index in [1.807, 2.05) is 0 Å². The van der Waals surface area contributed by atoms with Crippen LogP contribution in [0.15, 0.2) is 0 Å². The highest BCUT2D eigenvalue weighted by Gasteiger charge is 2.85. The minimum atomic E-state index is -7.38. The van der Waals surface area contributed by atoms with Crippen molar-refractivity contribution in [2.75, 3.05) is 0 Å². The Morgan fingerprint density at radius 1 is 0.917 bits per heavy atom. The molecule has 2 atom stereocenters. The predicted octanol–water partition coefficient (Wildman–Crippen LogP) is 5.18. The van der Waals surface area contributed by atoms with Crippen LogP contribution in [0, 0.1) is 19.3 Å². The van der Waals surface area contributed by atoms with Gasteiger partial charge in [-0.25, -0.2) is 4.39 Å². The molecule has 0 aromatic heterocycles. The van der Waals surface area contributed by atoms with Crippen LogP contribution in [0.1, 0.15) is 12.8 Å². The zero-order valence-electron chi connectivity index (χ0n) is 11.2. The Morgan fingerprint density at radius 3 is 1.75 bits per heavy atom. The molecule has 1 aliphatic rings. The number of halogens is 12. The third kappa shape index (κ3) is 2.81. The molecule has 0 amide bonds. The van der Waals surface area contributed by atoms with Gasteiger partial charge in [0.2, 0.25) is 0 Å². The molecule has 2 unspecified atom stereocenters. The second-order valence-corrected chi connectivity index (χ2v) is 4.96. The van der Waals surface area contributed by atoms with Crippen molar-refractivity contribution in [1.82, 2.24) is 0 Å². The standard InChI is InChI=1S/C11H8F12O/c1-2-5-3-4-6(12,13)7(5,14)24-11(22,23)9(17,18)8(15,16)10(19,20)21/h4-5H,1-3H2. The summed E-state index contributed by atoms with van der Waals surface area (Å²) >= 11 is 0. The summed E-state index contributed by atoms with van der Waals surface area (Å²) in [6, 6.07) is 0. The molecule has 1 fully saturated rings. The molecule has 0 heterocycles. The maximum atomic E-state index is 14.1. The van der Waals surface area contributed by atoms with Crippen LogP contribution in [0.2, 0.25) is 0 Å². The first kappa shape index (κ1) is 21.2. The first-order valence-electron chi connectivity index (χ1n) is 5.98. The lowest BCUT2D eigenvalue weighted by Crippen LogP contribution is -2.64. The van der Waals surface area contributed by atoms with Gasteiger partial charge < -0.3 is 0 Å². The number of hydrogen-bond acceptors (Lipinski definition) is 1. The Hall–Kier alpha value is -0.880. The van der Waals surface area contributed by atoms with Crippen LogP contribution < -0.4 is 0 Å². The molecule has 0 aromatic carbocycles. The van der Waals surface area contributed by atoms with Gasteiger partial charge in [-0.15, -0.1) is 0 Å². The molecule has 0 N–H and O–H groups in total. The van der Waals surface area contributed by atoms with Crippen LogP contribution in [-0.2, 0) is 4.74 Å². The Labute approximate surface area is 126 Å². The fourth-order valence-electron chi connectivity index (χ4n) is 1.92. The van der Waals surface area contributed by atoms with Crippen molar-refractivity contribution in [1.29, 1.82) is 0 Å². The van der Waals surface area contributed by atoms with Gasteiger partial charge in [0, 0.05) is 12.3 Å². The summed E-state index contributed by atoms with van der Waals surface area (Å²) in [7, 11) is 0. The number of alkyl halides is 12. The zero-order valence-corrected chi connectivity index (χ0v) is 11.2. The first-order chi connectivity index (χ1) is 10.4. The van der Waals surface area contributed by atoms with E-state index in [9.17, 15) is 52.7 Å². The second-order valence-electron chi connectivity index (χ2n) is 4.96. The fraction of sp³-hybridized carbons (Fsp3) is 0.818. The van der Waals surface area contributed by atoms with E-state index in [0.717, 1.165) is 0 Å². The molecule has 0 bridgehead atoms. The van der Waals surface area contributed by atoms with Crippen molar-refractivity contribution in [2.24, 2.45) is 5.92 Å². The maximum absolute atomic E-state index is 14.1. The lowest BCUT2D eigenvalue weighted by Gasteiger charge is -2.39. The van der Waals surface area contributed by atoms with E-state index in [-0.39, 0.29) is 6.42 Å². The van der Waals surface area contributed by atoms with Gasteiger partial charge in [-0.1, -0.05) is 6.92 Å². The van der Waals surface area contributed by atoms with Crippen molar-refractivity contribution in [3.05, 3.63) is 13.3 Å². The van der Waals surface area contributed by atoms with E-state index < -0.39 is 54.7 Å². The van der Waals surface area contributed by atoms with Crippen LogP contribution >= 0.6 is 0 Å². The van der Waals surface area contributed by atoms with E-state index in [0.29, 0.717) is 0 Å². The minimum Gasteiger partial charge on any atom is -0.272 e. The first-order valence-corrected chi connectivity index (χ1v) is 5.98. The van der Waals surface area contributed by atoms with Gasteiger partial charge in [0.05, 0.1) is 0 Å². The molecule has 24 heavy (non-hydrogen) atoms. The van der Waals surface area contributed by atoms with Crippen LogP contribution in [-0.4, -0.2) is 35.9 Å². The third-order valence-electron chi connectivity index (χ3n) is 3.38. The monoisotopic (exact) mass is 384 g/mol. The van der Waals surface area contributed by atoms with Crippen molar-refractivity contribution < 1.29 is 57.4 Å². The molecule has 0 spiro atoms. The lowest BCUT2D eigenvalue weighted by atomic mass is 9.99. The Bertz CT molecular complexity index is 470. The Kier molecular flexibility index (Phi) is 4.90. The highest BCUT2D eigenvalue weighted by atomic mass is 19.4. The van der Waals surface area contributed by atoms with Gasteiger partial charge in [-0.3, -0.25) is 4.74 Å². The lowest BCUT2D eigenvalue weighted by molar-refractivity contribution is -0.482. The highest BCUT2D eigenvalue weighted by molar-refractivity contribution is 5.10. The molecule has 13 heteroatoms. The summed E-state index contributed by atoms with van der Waals surface area (Å²) in [6.07, 6.45) is -16.3. The minimum absolute atomic E-state index is 0.251. The number of hydrogen-bond donors (Lipinski definition) is 0. The highest BCUT2D eigenvalue weighted by Crippen LogP contribution is 2.59. The van der Waals surface area contributed by atoms with Gasteiger partial charge in [0.15, 0.2) is 0 Å². The largest absolute Gasteiger partial charge is 0.460 e. The van der Waals surface area contributed by atoms with Gasteiger partial charge in [0.25, 0.3) is 5.85 Å². The summed E-state index contributed by atoms with van der Waals surface area (Å²) < 4.78 is 157. The molecule has 0 aliphatic heterocycles. The quantitative estimate of drug-likeness (QED) is 0.594. The molecule has 1 aliphatic carbocycles. The van der Waals surface area contributed by atoms with Crippen molar-refractivity contribution in [3.63, 3.8) is 0 Å². The van der Waals surface area contributed by atoms with Gasteiger partial charge in [-0.2, -0.15) is 48.3 Å². The molecule has 1 rings (SSSR count).